The third kappa shape index (κ3) is 4.28. The van der Waals surface area contributed by atoms with Gasteiger partial charge in [-0.1, -0.05) is 13.8 Å². The molecule has 1 atom stereocenters. The van der Waals surface area contributed by atoms with E-state index in [2.05, 4.69) is 29.2 Å². The van der Waals surface area contributed by atoms with Crippen LogP contribution in [0.2, 0.25) is 0 Å². The van der Waals surface area contributed by atoms with Crippen molar-refractivity contribution in [3.63, 3.8) is 0 Å². The van der Waals surface area contributed by atoms with E-state index in [1.165, 1.54) is 0 Å². The number of hydrogen-bond acceptors (Lipinski definition) is 5. The number of likely N-dealkylation sites (N-methyl/N-ethyl adjacent to an activating group) is 1. The van der Waals surface area contributed by atoms with Crippen molar-refractivity contribution in [2.24, 2.45) is 0 Å². The molecule has 2 aromatic heterocycles. The molecule has 136 valence electrons. The van der Waals surface area contributed by atoms with Gasteiger partial charge in [-0.2, -0.15) is 5.10 Å². The fourth-order valence-electron chi connectivity index (χ4n) is 3.00. The molecule has 3 rings (SSSR count). The molecule has 0 radical (unpaired) electrons. The summed E-state index contributed by atoms with van der Waals surface area (Å²) in [6.45, 7) is 7.69. The number of aryl methyl sites for hydroxylation is 2. The fraction of sp³-hybridized carbons (Fsp3) is 0.611. The zero-order chi connectivity index (χ0) is 18.0. The van der Waals surface area contributed by atoms with E-state index < -0.39 is 0 Å². The number of hydrogen-bond donors (Lipinski definition) is 1. The normalized spacial score (nSPS) is 16.9. The highest BCUT2D eigenvalue weighted by Crippen LogP contribution is 2.17. The van der Waals surface area contributed by atoms with Crippen LogP contribution in [0.25, 0.3) is 0 Å². The van der Waals surface area contributed by atoms with Gasteiger partial charge in [0.05, 0.1) is 19.6 Å². The van der Waals surface area contributed by atoms with Crippen LogP contribution in [0.3, 0.4) is 0 Å². The Kier molecular flexibility index (Phi) is 5.22. The van der Waals surface area contributed by atoms with E-state index in [4.69, 9.17) is 4.42 Å². The molecule has 0 aliphatic carbocycles. The Morgan fingerprint density at radius 2 is 2.28 bits per heavy atom. The van der Waals surface area contributed by atoms with E-state index in [-0.39, 0.29) is 11.9 Å². The molecule has 0 fully saturated rings. The predicted octanol–water partition coefficient (Wildman–Crippen LogP) is 1.87. The van der Waals surface area contributed by atoms with Gasteiger partial charge in [0.15, 0.2) is 5.82 Å². The third-order valence-corrected chi connectivity index (χ3v) is 4.55. The second-order valence-electron chi connectivity index (χ2n) is 7.10. The predicted molar refractivity (Wildman–Crippen MR) is 94.1 cm³/mol. The summed E-state index contributed by atoms with van der Waals surface area (Å²) in [6, 6.07) is 4.07. The molecule has 1 unspecified atom stereocenters. The Labute approximate surface area is 148 Å². The molecule has 0 spiro atoms. The van der Waals surface area contributed by atoms with Crippen LogP contribution in [0, 0.1) is 6.92 Å². The number of furan rings is 1. The van der Waals surface area contributed by atoms with Gasteiger partial charge in [-0.25, -0.2) is 9.67 Å². The zero-order valence-corrected chi connectivity index (χ0v) is 15.5. The van der Waals surface area contributed by atoms with Gasteiger partial charge in [0.25, 0.3) is 0 Å². The van der Waals surface area contributed by atoms with Crippen molar-refractivity contribution in [1.29, 1.82) is 0 Å². The van der Waals surface area contributed by atoms with Crippen LogP contribution in [-0.2, 0) is 24.3 Å². The van der Waals surface area contributed by atoms with Crippen molar-refractivity contribution in [1.82, 2.24) is 25.0 Å². The monoisotopic (exact) mass is 345 g/mol. The van der Waals surface area contributed by atoms with Crippen LogP contribution < -0.4 is 5.32 Å². The van der Waals surface area contributed by atoms with Crippen molar-refractivity contribution in [2.75, 3.05) is 13.6 Å². The third-order valence-electron chi connectivity index (χ3n) is 4.55. The summed E-state index contributed by atoms with van der Waals surface area (Å²) in [5, 5.41) is 7.94. The topological polar surface area (TPSA) is 76.2 Å². The zero-order valence-electron chi connectivity index (χ0n) is 15.5. The Bertz CT molecular complexity index is 734. The van der Waals surface area contributed by atoms with Crippen molar-refractivity contribution in [3.05, 3.63) is 35.3 Å². The van der Waals surface area contributed by atoms with E-state index in [9.17, 15) is 4.79 Å². The molecule has 7 nitrogen and oxygen atoms in total. The average Bonchev–Trinajstić information content (AvgIpc) is 3.18. The highest BCUT2D eigenvalue weighted by molar-refractivity contribution is 5.77. The van der Waals surface area contributed by atoms with Crippen molar-refractivity contribution < 1.29 is 9.21 Å². The summed E-state index contributed by atoms with van der Waals surface area (Å²) in [4.78, 5) is 18.6. The van der Waals surface area contributed by atoms with E-state index in [0.29, 0.717) is 19.0 Å². The lowest BCUT2D eigenvalue weighted by Crippen LogP contribution is -2.43. The number of carbonyl (C=O) groups excluding carboxylic acids is 1. The number of amides is 1. The molecule has 1 aliphatic rings. The molecular formula is C18H27N5O2. The van der Waals surface area contributed by atoms with Crippen LogP contribution in [0.15, 0.2) is 16.5 Å². The molecule has 1 N–H and O–H groups in total. The van der Waals surface area contributed by atoms with E-state index >= 15 is 0 Å². The van der Waals surface area contributed by atoms with Gasteiger partial charge in [-0.15, -0.1) is 0 Å². The van der Waals surface area contributed by atoms with Gasteiger partial charge in [0.2, 0.25) is 5.91 Å². The number of fused-ring (bicyclic) bond motifs is 1. The quantitative estimate of drug-likeness (QED) is 0.865. The number of rotatable bonds is 6. The highest BCUT2D eigenvalue weighted by Gasteiger charge is 2.23. The number of aromatic nitrogens is 3. The summed E-state index contributed by atoms with van der Waals surface area (Å²) < 4.78 is 7.51. The lowest BCUT2D eigenvalue weighted by atomic mass is 10.1. The van der Waals surface area contributed by atoms with E-state index in [1.54, 1.807) is 11.9 Å². The average molecular weight is 345 g/mol. The smallest absolute Gasteiger partial charge is 0.236 e. The molecule has 0 saturated heterocycles. The van der Waals surface area contributed by atoms with Crippen LogP contribution in [-0.4, -0.2) is 45.2 Å². The van der Waals surface area contributed by atoms with Crippen molar-refractivity contribution in [3.8, 4) is 0 Å². The van der Waals surface area contributed by atoms with Crippen LogP contribution in [0.5, 0.6) is 0 Å². The minimum atomic E-state index is 0.0568. The lowest BCUT2D eigenvalue weighted by Gasteiger charge is -2.24. The van der Waals surface area contributed by atoms with Gasteiger partial charge in [0.1, 0.15) is 17.3 Å². The maximum absolute atomic E-state index is 12.3. The van der Waals surface area contributed by atoms with Gasteiger partial charge < -0.3 is 14.6 Å². The largest absolute Gasteiger partial charge is 0.464 e. The summed E-state index contributed by atoms with van der Waals surface area (Å²) in [5.74, 6) is 4.02. The van der Waals surface area contributed by atoms with E-state index in [1.807, 2.05) is 23.7 Å². The Hall–Kier alpha value is -2.15. The van der Waals surface area contributed by atoms with E-state index in [0.717, 1.165) is 42.6 Å². The van der Waals surface area contributed by atoms with Gasteiger partial charge in [-0.3, -0.25) is 4.79 Å². The standard InChI is InChI=1S/C18H27N5O2/c1-12(2)18-20-16-8-6-14(10-23(16)21-18)19-9-17(24)22(4)11-15-7-5-13(3)25-15/h5,7,12,14,19H,6,8-11H2,1-4H3. The van der Waals surface area contributed by atoms with Crippen LogP contribution >= 0.6 is 0 Å². The van der Waals surface area contributed by atoms with Gasteiger partial charge >= 0.3 is 0 Å². The second-order valence-corrected chi connectivity index (χ2v) is 7.10. The van der Waals surface area contributed by atoms with Crippen LogP contribution in [0.4, 0.5) is 0 Å². The van der Waals surface area contributed by atoms with Crippen molar-refractivity contribution in [2.45, 2.75) is 58.7 Å². The molecule has 0 aromatic carbocycles. The second kappa shape index (κ2) is 7.39. The Morgan fingerprint density at radius 1 is 1.48 bits per heavy atom. The molecule has 3 heterocycles. The lowest BCUT2D eigenvalue weighted by molar-refractivity contribution is -0.129. The molecule has 1 aliphatic heterocycles. The first kappa shape index (κ1) is 17.7. The van der Waals surface area contributed by atoms with Gasteiger partial charge in [-0.05, 0) is 25.5 Å². The maximum atomic E-state index is 12.3. The molecular weight excluding hydrogens is 318 g/mol. The molecule has 7 heteroatoms. The Balaban J connectivity index is 1.49. The summed E-state index contributed by atoms with van der Waals surface area (Å²) >= 11 is 0. The summed E-state index contributed by atoms with van der Waals surface area (Å²) in [5.41, 5.74) is 0. The summed E-state index contributed by atoms with van der Waals surface area (Å²) in [6.07, 6.45) is 1.87. The highest BCUT2D eigenvalue weighted by atomic mass is 16.3. The number of nitrogens with zero attached hydrogens (tertiary/aromatic N) is 4. The Morgan fingerprint density at radius 3 is 2.96 bits per heavy atom. The summed E-state index contributed by atoms with van der Waals surface area (Å²) in [7, 11) is 1.80. The maximum Gasteiger partial charge on any atom is 0.236 e. The molecule has 0 bridgehead atoms. The SMILES string of the molecule is Cc1ccc(CN(C)C(=O)CNC2CCc3nc(C(C)C)nn3C2)o1. The van der Waals surface area contributed by atoms with Gasteiger partial charge in [0, 0.05) is 25.4 Å². The number of carbonyl (C=O) groups is 1. The molecule has 0 saturated carbocycles. The molecule has 2 aromatic rings. The number of nitrogens with one attached hydrogen (secondary N) is 1. The van der Waals surface area contributed by atoms with Crippen molar-refractivity contribution >= 4 is 5.91 Å². The fourth-order valence-corrected chi connectivity index (χ4v) is 3.00. The molecule has 25 heavy (non-hydrogen) atoms. The van der Waals surface area contributed by atoms with Crippen LogP contribution in [0.1, 0.15) is 49.4 Å². The first-order chi connectivity index (χ1) is 11.9. The minimum Gasteiger partial charge on any atom is -0.464 e. The first-order valence-corrected chi connectivity index (χ1v) is 8.88. The first-order valence-electron chi connectivity index (χ1n) is 8.88. The minimum absolute atomic E-state index is 0.0568. The molecule has 1 amide bonds.